The minimum Gasteiger partial charge on any atom is -0.394 e. The van der Waals surface area contributed by atoms with Gasteiger partial charge in [0, 0.05) is 0 Å². The van der Waals surface area contributed by atoms with Crippen LogP contribution in [0.5, 0.6) is 0 Å². The van der Waals surface area contributed by atoms with E-state index in [0.29, 0.717) is 19.3 Å². The van der Waals surface area contributed by atoms with Gasteiger partial charge in [0.1, 0.15) is 36.6 Å². The van der Waals surface area contributed by atoms with Crippen molar-refractivity contribution in [2.45, 2.75) is 416 Å². The molecule has 0 spiro atoms. The molecule has 0 bridgehead atoms. The molecule has 1 aliphatic heterocycles. The fourth-order valence-electron chi connectivity index (χ4n) is 11.9. The monoisotopic (exact) mass is 1180 g/mol. The van der Waals surface area contributed by atoms with Crippen molar-refractivity contribution in [3.63, 3.8) is 0 Å². The highest BCUT2D eigenvalue weighted by Gasteiger charge is 2.44. The molecule has 0 aromatic carbocycles. The third kappa shape index (κ3) is 48.2. The van der Waals surface area contributed by atoms with Crippen LogP contribution in [-0.2, 0) is 14.3 Å². The summed E-state index contributed by atoms with van der Waals surface area (Å²) in [5.41, 5.74) is 0. The molecule has 11 nitrogen and oxygen atoms in total. The molecule has 0 aromatic heterocycles. The summed E-state index contributed by atoms with van der Waals surface area (Å²) >= 11 is 0. The van der Waals surface area contributed by atoms with Crippen LogP contribution in [0.2, 0.25) is 0 Å². The van der Waals surface area contributed by atoms with Gasteiger partial charge in [0.25, 0.3) is 0 Å². The maximum atomic E-state index is 13.3. The van der Waals surface area contributed by atoms with Gasteiger partial charge in [0.05, 0.1) is 25.4 Å². The zero-order valence-corrected chi connectivity index (χ0v) is 54.5. The van der Waals surface area contributed by atoms with Gasteiger partial charge < -0.3 is 50.5 Å². The molecule has 0 aromatic rings. The predicted octanol–water partition coefficient (Wildman–Crippen LogP) is 17.6. The largest absolute Gasteiger partial charge is 0.394 e. The number of rotatable bonds is 64. The predicted molar refractivity (Wildman–Crippen MR) is 349 cm³/mol. The Labute approximate surface area is 512 Å². The fraction of sp³-hybridized carbons (Fsp3) is 0.931. The Morgan fingerprint density at radius 1 is 0.422 bits per heavy atom. The zero-order valence-electron chi connectivity index (χ0n) is 54.5. The highest BCUT2D eigenvalue weighted by Crippen LogP contribution is 2.24. The smallest absolute Gasteiger partial charge is 0.249 e. The van der Waals surface area contributed by atoms with Gasteiger partial charge in [-0.1, -0.05) is 340 Å². The molecule has 1 saturated heterocycles. The number of ether oxygens (including phenoxy) is 2. The summed E-state index contributed by atoms with van der Waals surface area (Å²) in [5, 5.41) is 76.6. The van der Waals surface area contributed by atoms with E-state index in [4.69, 9.17) is 9.47 Å². The molecule has 9 atom stereocenters. The van der Waals surface area contributed by atoms with Crippen LogP contribution >= 0.6 is 0 Å². The Morgan fingerprint density at radius 2 is 0.735 bits per heavy atom. The van der Waals surface area contributed by atoms with E-state index in [-0.39, 0.29) is 6.42 Å². The van der Waals surface area contributed by atoms with E-state index >= 15 is 0 Å². The second kappa shape index (κ2) is 60.9. The second-order valence-electron chi connectivity index (χ2n) is 25.7. The van der Waals surface area contributed by atoms with Gasteiger partial charge in [-0.25, -0.2) is 0 Å². The Bertz CT molecular complexity index is 1400. The van der Waals surface area contributed by atoms with E-state index in [0.717, 1.165) is 44.9 Å². The molecule has 1 aliphatic rings. The van der Waals surface area contributed by atoms with Crippen LogP contribution < -0.4 is 5.32 Å². The van der Waals surface area contributed by atoms with Gasteiger partial charge in [0.15, 0.2) is 6.29 Å². The highest BCUT2D eigenvalue weighted by molar-refractivity contribution is 5.80. The van der Waals surface area contributed by atoms with Crippen LogP contribution in [0.15, 0.2) is 24.3 Å². The summed E-state index contributed by atoms with van der Waals surface area (Å²) in [6.45, 7) is 3.52. The number of carbonyl (C=O) groups is 1. The van der Waals surface area contributed by atoms with Crippen LogP contribution in [0.4, 0.5) is 0 Å². The molecule has 0 aliphatic carbocycles. The van der Waals surface area contributed by atoms with Crippen LogP contribution in [0.1, 0.15) is 361 Å². The molecule has 11 heteroatoms. The van der Waals surface area contributed by atoms with Crippen molar-refractivity contribution in [1.29, 1.82) is 0 Å². The van der Waals surface area contributed by atoms with E-state index in [9.17, 15) is 40.5 Å². The molecule has 1 rings (SSSR count). The molecule has 492 valence electrons. The van der Waals surface area contributed by atoms with Crippen molar-refractivity contribution in [2.75, 3.05) is 13.2 Å². The summed E-state index contributed by atoms with van der Waals surface area (Å²) in [5.74, 6) is -0.690. The highest BCUT2D eigenvalue weighted by atomic mass is 16.7. The van der Waals surface area contributed by atoms with Gasteiger partial charge in [-0.05, 0) is 44.9 Å². The first-order valence-electron chi connectivity index (χ1n) is 36.2. The minimum atomic E-state index is -1.66. The lowest BCUT2D eigenvalue weighted by molar-refractivity contribution is -0.303. The SMILES string of the molecule is CCCCCCCCCCC/C=C\C/C=C\CCCCCCCCCCCCCCCCC(O)C(=O)NC(COC1OC(CO)C(O)C(O)C1O)C(O)C(O)CCCCCCCCCCCCCCCCCCCCCCCCCCCC. The topological polar surface area (TPSA) is 189 Å². The van der Waals surface area contributed by atoms with E-state index in [1.54, 1.807) is 0 Å². The Balaban J connectivity index is 2.18. The number of hydrogen-bond donors (Lipinski definition) is 8. The number of aliphatic hydroxyl groups is 7. The summed E-state index contributed by atoms with van der Waals surface area (Å²) < 4.78 is 11.2. The van der Waals surface area contributed by atoms with Crippen LogP contribution in [0.3, 0.4) is 0 Å². The van der Waals surface area contributed by atoms with Crippen molar-refractivity contribution in [1.82, 2.24) is 5.32 Å². The van der Waals surface area contributed by atoms with Gasteiger partial charge in [0.2, 0.25) is 5.91 Å². The number of hydrogen-bond acceptors (Lipinski definition) is 10. The normalized spacial score (nSPS) is 19.1. The first-order valence-corrected chi connectivity index (χ1v) is 36.2. The Hall–Kier alpha value is -1.41. The average Bonchev–Trinajstić information content (AvgIpc) is 3.68. The quantitative estimate of drug-likeness (QED) is 0.0215. The molecule has 0 radical (unpaired) electrons. The number of allylic oxidation sites excluding steroid dienone is 4. The van der Waals surface area contributed by atoms with E-state index < -0.39 is 74.2 Å². The first kappa shape index (κ1) is 79.6. The fourth-order valence-corrected chi connectivity index (χ4v) is 11.9. The number of carbonyl (C=O) groups excluding carboxylic acids is 1. The number of nitrogens with one attached hydrogen (secondary N) is 1. The van der Waals surface area contributed by atoms with Gasteiger partial charge in [-0.3, -0.25) is 4.79 Å². The summed E-state index contributed by atoms with van der Waals surface area (Å²) in [6.07, 6.45) is 65.4. The molecule has 1 fully saturated rings. The molecule has 1 heterocycles. The first-order chi connectivity index (χ1) is 40.7. The van der Waals surface area contributed by atoms with Gasteiger partial charge >= 0.3 is 0 Å². The third-order valence-corrected chi connectivity index (χ3v) is 17.8. The van der Waals surface area contributed by atoms with Gasteiger partial charge in [-0.15, -0.1) is 0 Å². The maximum Gasteiger partial charge on any atom is 0.249 e. The molecule has 83 heavy (non-hydrogen) atoms. The lowest BCUT2D eigenvalue weighted by atomic mass is 9.98. The average molecular weight is 1180 g/mol. The zero-order chi connectivity index (χ0) is 60.3. The number of aliphatic hydroxyl groups excluding tert-OH is 7. The third-order valence-electron chi connectivity index (χ3n) is 17.8. The van der Waals surface area contributed by atoms with Crippen LogP contribution in [-0.4, -0.2) is 110 Å². The van der Waals surface area contributed by atoms with Crippen LogP contribution in [0, 0.1) is 0 Å². The molecule has 1 amide bonds. The molecular weight excluding hydrogens is 1040 g/mol. The van der Waals surface area contributed by atoms with Crippen molar-refractivity contribution < 1.29 is 50.0 Å². The van der Waals surface area contributed by atoms with E-state index in [1.165, 1.54) is 276 Å². The number of amides is 1. The second-order valence-corrected chi connectivity index (χ2v) is 25.7. The van der Waals surface area contributed by atoms with E-state index in [2.05, 4.69) is 43.5 Å². The maximum absolute atomic E-state index is 13.3. The summed E-state index contributed by atoms with van der Waals surface area (Å²) in [7, 11) is 0. The van der Waals surface area contributed by atoms with Crippen molar-refractivity contribution in [3.05, 3.63) is 24.3 Å². The minimum absolute atomic E-state index is 0.262. The Morgan fingerprint density at radius 3 is 1.07 bits per heavy atom. The summed E-state index contributed by atoms with van der Waals surface area (Å²) in [4.78, 5) is 13.3. The Kier molecular flexibility index (Phi) is 58.4. The number of unbranched alkanes of at least 4 members (excludes halogenated alkanes) is 48. The van der Waals surface area contributed by atoms with Crippen molar-refractivity contribution >= 4 is 5.91 Å². The van der Waals surface area contributed by atoms with E-state index in [1.807, 2.05) is 0 Å². The molecular formula is C72H139NO10. The van der Waals surface area contributed by atoms with Gasteiger partial charge in [-0.2, -0.15) is 0 Å². The molecule has 0 saturated carbocycles. The van der Waals surface area contributed by atoms with Crippen LogP contribution in [0.25, 0.3) is 0 Å². The standard InChI is InChI=1S/C72H139NO10/c1-3-5-7-9-11-13-15-17-19-21-23-25-27-29-31-32-33-34-36-38-40-42-44-46-48-50-52-54-56-58-60-65(76)71(81)73-63(62-82-72-70(80)69(79)68(78)66(61-74)83-72)67(77)64(75)59-57-55-53-51-49-47-45-43-41-39-37-35-30-28-26-24-22-20-18-16-14-12-10-8-6-4-2/h23,25,29,31,63-70,72,74-80H,3-22,24,26-28,30,32-62H2,1-2H3,(H,73,81)/b25-23-,31-29-. The lowest BCUT2D eigenvalue weighted by Crippen LogP contribution is -2.60. The van der Waals surface area contributed by atoms with Crippen molar-refractivity contribution in [3.8, 4) is 0 Å². The summed E-state index contributed by atoms with van der Waals surface area (Å²) in [6, 6.07) is -1.17. The van der Waals surface area contributed by atoms with Crippen molar-refractivity contribution in [2.24, 2.45) is 0 Å². The lowest BCUT2D eigenvalue weighted by Gasteiger charge is -2.40. The molecule has 9 unspecified atom stereocenters. The molecule has 8 N–H and O–H groups in total.